The van der Waals surface area contributed by atoms with Crippen molar-refractivity contribution in [2.75, 3.05) is 13.7 Å². The fourth-order valence-corrected chi connectivity index (χ4v) is 2.58. The first kappa shape index (κ1) is 20.5. The summed E-state index contributed by atoms with van der Waals surface area (Å²) >= 11 is 0. The Morgan fingerprint density at radius 2 is 2.07 bits per heavy atom. The molecule has 1 aromatic heterocycles. The third-order valence-corrected chi connectivity index (χ3v) is 4.16. The molecule has 1 heterocycles. The molecule has 146 valence electrons. The van der Waals surface area contributed by atoms with Crippen molar-refractivity contribution in [2.45, 2.75) is 40.3 Å². The molecule has 1 aromatic carbocycles. The van der Waals surface area contributed by atoms with Crippen LogP contribution in [0.5, 0.6) is 0 Å². The lowest BCUT2D eigenvalue weighted by Gasteiger charge is -2.18. The molecule has 0 aliphatic carbocycles. The van der Waals surface area contributed by atoms with Crippen LogP contribution in [0.4, 0.5) is 4.39 Å². The lowest BCUT2D eigenvalue weighted by molar-refractivity contribution is 0.0599. The maximum atomic E-state index is 13.8. The molecule has 0 aliphatic rings. The lowest BCUT2D eigenvalue weighted by atomic mass is 10.1. The number of halogens is 1. The minimum atomic E-state index is -0.438. The number of rotatable bonds is 6. The Hall–Kier alpha value is -2.83. The van der Waals surface area contributed by atoms with Crippen molar-refractivity contribution >= 4 is 11.9 Å². The lowest BCUT2D eigenvalue weighted by Crippen LogP contribution is -2.38. The highest BCUT2D eigenvalue weighted by Gasteiger charge is 2.15. The van der Waals surface area contributed by atoms with Gasteiger partial charge in [-0.15, -0.1) is 0 Å². The summed E-state index contributed by atoms with van der Waals surface area (Å²) in [5, 5.41) is 6.39. The van der Waals surface area contributed by atoms with Gasteiger partial charge in [0.25, 0.3) is 0 Å². The number of hydrogen-bond acceptors (Lipinski definition) is 4. The van der Waals surface area contributed by atoms with Crippen molar-refractivity contribution in [1.29, 1.82) is 0 Å². The number of guanidine groups is 1. The standard InChI is InChI=1S/C20H26FN3O3/c1-6-22-20(24-13(3)15-8-7-12(2)18(21)9-15)23-11-16-10-17(14(4)27-16)19(25)26-5/h7-10,13H,6,11H2,1-5H3,(H2,22,23,24). The van der Waals surface area contributed by atoms with E-state index < -0.39 is 5.97 Å². The maximum Gasteiger partial charge on any atom is 0.341 e. The Labute approximate surface area is 158 Å². The number of aryl methyl sites for hydroxylation is 2. The Morgan fingerprint density at radius 3 is 2.70 bits per heavy atom. The van der Waals surface area contributed by atoms with Crippen molar-refractivity contribution in [3.05, 3.63) is 58.3 Å². The van der Waals surface area contributed by atoms with E-state index in [2.05, 4.69) is 15.6 Å². The van der Waals surface area contributed by atoms with Crippen LogP contribution in [0.3, 0.4) is 0 Å². The summed E-state index contributed by atoms with van der Waals surface area (Å²) in [6.07, 6.45) is 0. The van der Waals surface area contributed by atoms with Crippen molar-refractivity contribution in [1.82, 2.24) is 10.6 Å². The van der Waals surface area contributed by atoms with E-state index in [0.717, 1.165) is 5.56 Å². The van der Waals surface area contributed by atoms with Crippen molar-refractivity contribution in [3.63, 3.8) is 0 Å². The first-order chi connectivity index (χ1) is 12.8. The number of nitrogens with zero attached hydrogens (tertiary/aromatic N) is 1. The largest absolute Gasteiger partial charge is 0.465 e. The summed E-state index contributed by atoms with van der Waals surface area (Å²) in [6, 6.07) is 6.66. The van der Waals surface area contributed by atoms with Gasteiger partial charge in [-0.2, -0.15) is 0 Å². The van der Waals surface area contributed by atoms with Gasteiger partial charge in [0.2, 0.25) is 0 Å². The van der Waals surface area contributed by atoms with E-state index in [0.29, 0.717) is 35.2 Å². The van der Waals surface area contributed by atoms with Gasteiger partial charge in [-0.1, -0.05) is 12.1 Å². The van der Waals surface area contributed by atoms with Crippen LogP contribution in [-0.4, -0.2) is 25.6 Å². The fraction of sp³-hybridized carbons (Fsp3) is 0.400. The van der Waals surface area contributed by atoms with Gasteiger partial charge in [-0.3, -0.25) is 0 Å². The number of methoxy groups -OCH3 is 1. The number of nitrogens with one attached hydrogen (secondary N) is 2. The third-order valence-electron chi connectivity index (χ3n) is 4.16. The Morgan fingerprint density at radius 1 is 1.33 bits per heavy atom. The molecule has 6 nitrogen and oxygen atoms in total. The molecule has 0 aliphatic heterocycles. The molecule has 2 aromatic rings. The van der Waals surface area contributed by atoms with Gasteiger partial charge < -0.3 is 19.8 Å². The van der Waals surface area contributed by atoms with E-state index >= 15 is 0 Å². The molecule has 2 N–H and O–H groups in total. The smallest absolute Gasteiger partial charge is 0.341 e. The molecule has 0 fully saturated rings. The number of aliphatic imine (C=N–C) groups is 1. The quantitative estimate of drug-likeness (QED) is 0.458. The van der Waals surface area contributed by atoms with Gasteiger partial charge in [-0.25, -0.2) is 14.2 Å². The first-order valence-electron chi connectivity index (χ1n) is 8.84. The molecule has 2 rings (SSSR count). The monoisotopic (exact) mass is 375 g/mol. The highest BCUT2D eigenvalue weighted by Crippen LogP contribution is 2.18. The molecule has 0 saturated carbocycles. The van der Waals surface area contributed by atoms with E-state index in [9.17, 15) is 9.18 Å². The molecule has 0 bridgehead atoms. The predicted octanol–water partition coefficient (Wildman–Crippen LogP) is 3.64. The van der Waals surface area contributed by atoms with Crippen molar-refractivity contribution < 1.29 is 18.3 Å². The van der Waals surface area contributed by atoms with E-state index in [4.69, 9.17) is 9.15 Å². The normalized spacial score (nSPS) is 12.6. The van der Waals surface area contributed by atoms with Gasteiger partial charge in [0, 0.05) is 6.54 Å². The van der Waals surface area contributed by atoms with Crippen LogP contribution in [0.2, 0.25) is 0 Å². The van der Waals surface area contributed by atoms with Crippen molar-refractivity contribution in [2.24, 2.45) is 4.99 Å². The minimum absolute atomic E-state index is 0.137. The topological polar surface area (TPSA) is 75.9 Å². The van der Waals surface area contributed by atoms with E-state index in [-0.39, 0.29) is 18.4 Å². The molecule has 27 heavy (non-hydrogen) atoms. The number of ether oxygens (including phenoxy) is 1. The number of esters is 1. The highest BCUT2D eigenvalue weighted by atomic mass is 19.1. The van der Waals surface area contributed by atoms with E-state index in [1.54, 1.807) is 26.0 Å². The highest BCUT2D eigenvalue weighted by molar-refractivity contribution is 5.90. The molecule has 7 heteroatoms. The van der Waals surface area contributed by atoms with Gasteiger partial charge in [0.1, 0.15) is 29.4 Å². The predicted molar refractivity (Wildman–Crippen MR) is 102 cm³/mol. The summed E-state index contributed by atoms with van der Waals surface area (Å²) in [5.74, 6) is 0.948. The van der Waals surface area contributed by atoms with E-state index in [1.165, 1.54) is 13.2 Å². The summed E-state index contributed by atoms with van der Waals surface area (Å²) in [7, 11) is 1.33. The van der Waals surface area contributed by atoms with Crippen LogP contribution in [0.1, 0.15) is 52.9 Å². The summed E-state index contributed by atoms with van der Waals surface area (Å²) in [6.45, 7) is 8.25. The average Bonchev–Trinajstić information content (AvgIpc) is 3.02. The second-order valence-electron chi connectivity index (χ2n) is 6.24. The Balaban J connectivity index is 2.11. The summed E-state index contributed by atoms with van der Waals surface area (Å²) < 4.78 is 24.1. The second-order valence-corrected chi connectivity index (χ2v) is 6.24. The number of benzene rings is 1. The Bertz CT molecular complexity index is 830. The van der Waals surface area contributed by atoms with Gasteiger partial charge in [0.15, 0.2) is 5.96 Å². The minimum Gasteiger partial charge on any atom is -0.465 e. The third kappa shape index (κ3) is 5.32. The van der Waals surface area contributed by atoms with Crippen molar-refractivity contribution in [3.8, 4) is 0 Å². The zero-order valence-electron chi connectivity index (χ0n) is 16.4. The molecular weight excluding hydrogens is 349 g/mol. The SMILES string of the molecule is CCNC(=NCc1cc(C(=O)OC)c(C)o1)NC(C)c1ccc(C)c(F)c1. The van der Waals surface area contributed by atoms with Gasteiger partial charge >= 0.3 is 5.97 Å². The molecule has 1 unspecified atom stereocenters. The van der Waals surface area contributed by atoms with Crippen LogP contribution in [0, 0.1) is 19.7 Å². The summed E-state index contributed by atoms with van der Waals surface area (Å²) in [4.78, 5) is 16.2. The van der Waals surface area contributed by atoms with Crippen LogP contribution in [0.15, 0.2) is 33.7 Å². The first-order valence-corrected chi connectivity index (χ1v) is 8.84. The molecule has 0 saturated heterocycles. The Kier molecular flexibility index (Phi) is 6.98. The molecule has 0 spiro atoms. The van der Waals surface area contributed by atoms with Crippen LogP contribution in [-0.2, 0) is 11.3 Å². The van der Waals surface area contributed by atoms with Gasteiger partial charge in [-0.05, 0) is 51.0 Å². The fourth-order valence-electron chi connectivity index (χ4n) is 2.58. The number of hydrogen-bond donors (Lipinski definition) is 2. The molecular formula is C20H26FN3O3. The second kappa shape index (κ2) is 9.21. The summed E-state index contributed by atoms with van der Waals surface area (Å²) in [5.41, 5.74) is 1.83. The maximum absolute atomic E-state index is 13.8. The zero-order valence-corrected chi connectivity index (χ0v) is 16.4. The average molecular weight is 375 g/mol. The van der Waals surface area contributed by atoms with Crippen LogP contribution >= 0.6 is 0 Å². The molecule has 0 amide bonds. The molecule has 0 radical (unpaired) electrons. The number of furan rings is 1. The number of carbonyl (C=O) groups excluding carboxylic acids is 1. The molecule has 1 atom stereocenters. The van der Waals surface area contributed by atoms with Gasteiger partial charge in [0.05, 0.1) is 13.2 Å². The zero-order chi connectivity index (χ0) is 20.0. The number of carbonyl (C=O) groups is 1. The van der Waals surface area contributed by atoms with Crippen LogP contribution in [0.25, 0.3) is 0 Å². The van der Waals surface area contributed by atoms with E-state index in [1.807, 2.05) is 19.9 Å². The van der Waals surface area contributed by atoms with Crippen LogP contribution < -0.4 is 10.6 Å².